The van der Waals surface area contributed by atoms with Gasteiger partial charge in [0.1, 0.15) is 0 Å². The van der Waals surface area contributed by atoms with Crippen LogP contribution in [0, 0.1) is 0 Å². The molecule has 1 aliphatic carbocycles. The molecule has 0 heterocycles. The summed E-state index contributed by atoms with van der Waals surface area (Å²) in [5, 5.41) is 0. The molecule has 5 nitrogen and oxygen atoms in total. The molecule has 0 spiro atoms. The highest BCUT2D eigenvalue weighted by Gasteiger charge is 2.19. The highest BCUT2D eigenvalue weighted by Crippen LogP contribution is 2.31. The molecule has 0 aromatic heterocycles. The molecule has 0 saturated heterocycles. The van der Waals surface area contributed by atoms with Gasteiger partial charge in [-0.2, -0.15) is 0 Å². The van der Waals surface area contributed by atoms with Crippen LogP contribution in [0.2, 0.25) is 0 Å². The monoisotopic (exact) mass is 772 g/mol. The minimum atomic E-state index is 0.253. The maximum atomic E-state index is 2.60. The third-order valence-electron chi connectivity index (χ3n) is 11.1. The van der Waals surface area contributed by atoms with E-state index in [1.807, 2.05) is 0 Å². The maximum absolute atomic E-state index is 2.60. The normalized spacial score (nSPS) is 14.0. The lowest BCUT2D eigenvalue weighted by atomic mass is 10.0. The lowest BCUT2D eigenvalue weighted by Crippen LogP contribution is -2.32. The van der Waals surface area contributed by atoms with Crippen molar-refractivity contribution in [2.75, 3.05) is 58.9 Å². The highest BCUT2D eigenvalue weighted by molar-refractivity contribution is 5.70. The van der Waals surface area contributed by atoms with Crippen LogP contribution in [-0.2, 0) is 0 Å². The zero-order valence-electron chi connectivity index (χ0n) is 36.8. The van der Waals surface area contributed by atoms with Crippen LogP contribution in [0.4, 0.5) is 28.4 Å². The second kappa shape index (κ2) is 26.5. The Labute approximate surface area is 349 Å². The van der Waals surface area contributed by atoms with E-state index in [9.17, 15) is 0 Å². The van der Waals surface area contributed by atoms with E-state index in [-0.39, 0.29) is 6.04 Å². The first-order valence-electron chi connectivity index (χ1n) is 22.9. The van der Waals surface area contributed by atoms with Crippen molar-refractivity contribution in [3.8, 4) is 0 Å². The summed E-state index contributed by atoms with van der Waals surface area (Å²) >= 11 is 0. The first-order chi connectivity index (χ1) is 28.1. The van der Waals surface area contributed by atoms with E-state index >= 15 is 0 Å². The molecule has 0 fully saturated rings. The fourth-order valence-corrected chi connectivity index (χ4v) is 7.48. The Balaban J connectivity index is 1.62. The van der Waals surface area contributed by atoms with Crippen LogP contribution >= 0.6 is 0 Å². The van der Waals surface area contributed by atoms with E-state index in [0.717, 1.165) is 45.7 Å². The minimum absolute atomic E-state index is 0.253. The largest absolute Gasteiger partial charge is 0.372 e. The number of para-hydroxylation sites is 1. The van der Waals surface area contributed by atoms with Crippen LogP contribution in [0.15, 0.2) is 127 Å². The van der Waals surface area contributed by atoms with Crippen LogP contribution in [0.25, 0.3) is 0 Å². The molecule has 3 aromatic carbocycles. The Hall–Kier alpha value is -4.38. The SMILES string of the molecule is CCCCN(CCCC)C1=CCC(N(/C=C/C=C/N(c2ccc(N(CCCC)CCCC)cc2)c2ccc(N(CCCC)CCCC)cc2)c2ccccc2)C=C1. The van der Waals surface area contributed by atoms with Gasteiger partial charge in [0, 0.05) is 85.8 Å². The van der Waals surface area contributed by atoms with Gasteiger partial charge in [-0.1, -0.05) is 110 Å². The summed E-state index contributed by atoms with van der Waals surface area (Å²) in [6.45, 7) is 20.4. The predicted octanol–water partition coefficient (Wildman–Crippen LogP) is 14.3. The summed E-state index contributed by atoms with van der Waals surface area (Å²) in [5.74, 6) is 0. The maximum Gasteiger partial charge on any atom is 0.0555 e. The van der Waals surface area contributed by atoms with Crippen molar-refractivity contribution < 1.29 is 0 Å². The summed E-state index contributed by atoms with van der Waals surface area (Å²) in [4.78, 5) is 12.5. The number of anilines is 5. The Bertz CT molecular complexity index is 1520. The van der Waals surface area contributed by atoms with Gasteiger partial charge in [-0.05, 0) is 124 Å². The number of hydrogen-bond donors (Lipinski definition) is 0. The summed E-state index contributed by atoms with van der Waals surface area (Å²) in [7, 11) is 0. The molecular formula is C52H77N5. The van der Waals surface area contributed by atoms with E-state index in [0.29, 0.717) is 0 Å². The van der Waals surface area contributed by atoms with Gasteiger partial charge in [0.2, 0.25) is 0 Å². The molecule has 0 amide bonds. The molecule has 1 unspecified atom stereocenters. The van der Waals surface area contributed by atoms with Crippen molar-refractivity contribution >= 4 is 28.4 Å². The van der Waals surface area contributed by atoms with Gasteiger partial charge in [-0.25, -0.2) is 0 Å². The summed E-state index contributed by atoms with van der Waals surface area (Å²) in [6.07, 6.45) is 31.8. The molecule has 310 valence electrons. The molecule has 1 atom stereocenters. The highest BCUT2D eigenvalue weighted by atomic mass is 15.2. The quantitative estimate of drug-likeness (QED) is 0.0682. The molecule has 0 radical (unpaired) electrons. The summed E-state index contributed by atoms with van der Waals surface area (Å²) < 4.78 is 0. The van der Waals surface area contributed by atoms with Crippen molar-refractivity contribution in [2.24, 2.45) is 0 Å². The van der Waals surface area contributed by atoms with Crippen molar-refractivity contribution in [2.45, 2.75) is 131 Å². The van der Waals surface area contributed by atoms with Crippen molar-refractivity contribution in [1.82, 2.24) is 4.90 Å². The fraction of sp³-hybridized carbons (Fsp3) is 0.500. The van der Waals surface area contributed by atoms with Gasteiger partial charge >= 0.3 is 0 Å². The Kier molecular flexibility index (Phi) is 21.1. The van der Waals surface area contributed by atoms with E-state index in [1.54, 1.807) is 0 Å². The average molecular weight is 772 g/mol. The van der Waals surface area contributed by atoms with Gasteiger partial charge < -0.3 is 24.5 Å². The number of hydrogen-bond acceptors (Lipinski definition) is 5. The first-order valence-corrected chi connectivity index (χ1v) is 22.9. The second-order valence-corrected chi connectivity index (χ2v) is 15.7. The number of nitrogens with zero attached hydrogens (tertiary/aromatic N) is 5. The zero-order chi connectivity index (χ0) is 40.5. The van der Waals surface area contributed by atoms with E-state index in [1.165, 1.54) is 111 Å². The Morgan fingerprint density at radius 1 is 0.456 bits per heavy atom. The fourth-order valence-electron chi connectivity index (χ4n) is 7.48. The van der Waals surface area contributed by atoms with Crippen molar-refractivity contribution in [3.63, 3.8) is 0 Å². The first kappa shape index (κ1) is 45.3. The van der Waals surface area contributed by atoms with E-state index in [2.05, 4.69) is 188 Å². The van der Waals surface area contributed by atoms with Crippen molar-refractivity contribution in [3.05, 3.63) is 127 Å². The number of allylic oxidation sites excluding steroid dienone is 3. The zero-order valence-corrected chi connectivity index (χ0v) is 36.8. The van der Waals surface area contributed by atoms with Crippen LogP contribution in [-0.4, -0.2) is 50.2 Å². The van der Waals surface area contributed by atoms with Crippen LogP contribution < -0.4 is 19.6 Å². The molecule has 1 aliphatic rings. The topological polar surface area (TPSA) is 16.2 Å². The molecule has 4 rings (SSSR count). The molecule has 0 aliphatic heterocycles. The lowest BCUT2D eigenvalue weighted by Gasteiger charge is -2.33. The molecule has 0 saturated carbocycles. The van der Waals surface area contributed by atoms with Gasteiger partial charge in [0.15, 0.2) is 0 Å². The van der Waals surface area contributed by atoms with Gasteiger partial charge in [0.25, 0.3) is 0 Å². The molecular weight excluding hydrogens is 695 g/mol. The van der Waals surface area contributed by atoms with E-state index < -0.39 is 0 Å². The summed E-state index contributed by atoms with van der Waals surface area (Å²) in [5.41, 5.74) is 7.56. The third kappa shape index (κ3) is 14.8. The predicted molar refractivity (Wildman–Crippen MR) is 253 cm³/mol. The van der Waals surface area contributed by atoms with Crippen molar-refractivity contribution in [1.29, 1.82) is 0 Å². The Morgan fingerprint density at radius 2 is 0.860 bits per heavy atom. The van der Waals surface area contributed by atoms with Gasteiger partial charge in [-0.15, -0.1) is 0 Å². The third-order valence-corrected chi connectivity index (χ3v) is 11.1. The van der Waals surface area contributed by atoms with Crippen LogP contribution in [0.5, 0.6) is 0 Å². The van der Waals surface area contributed by atoms with Gasteiger partial charge in [0.05, 0.1) is 6.04 Å². The number of benzene rings is 3. The standard InChI is InChI=1S/C52H77N5/c1-7-13-38-53(39-14-8-2)46-26-32-50(33-27-46)56(49-24-20-19-21-25-49)44-22-23-45-57(51-34-28-47(29-35-51)54(40-15-9-3)41-16-10-4)52-36-30-48(31-37-52)55(42-17-11-5)43-18-12-6/h19-32,34-37,44-45,50H,7-18,33,38-43H2,1-6H3/b44-22+,45-23+. The molecule has 3 aromatic rings. The Morgan fingerprint density at radius 3 is 1.26 bits per heavy atom. The molecule has 0 N–H and O–H groups in total. The van der Waals surface area contributed by atoms with Gasteiger partial charge in [-0.3, -0.25) is 0 Å². The molecule has 5 heteroatoms. The number of unbranched alkanes of at least 4 members (excludes halogenated alkanes) is 6. The molecule has 0 bridgehead atoms. The van der Waals surface area contributed by atoms with E-state index in [4.69, 9.17) is 0 Å². The van der Waals surface area contributed by atoms with Crippen LogP contribution in [0.1, 0.15) is 125 Å². The molecule has 57 heavy (non-hydrogen) atoms. The van der Waals surface area contributed by atoms with Crippen LogP contribution in [0.3, 0.4) is 0 Å². The summed E-state index contributed by atoms with van der Waals surface area (Å²) in [6, 6.07) is 29.6. The second-order valence-electron chi connectivity index (χ2n) is 15.7. The number of rotatable bonds is 28. The average Bonchev–Trinajstić information content (AvgIpc) is 3.26. The lowest BCUT2D eigenvalue weighted by molar-refractivity contribution is 0.337. The minimum Gasteiger partial charge on any atom is -0.372 e. The smallest absolute Gasteiger partial charge is 0.0555 e.